The van der Waals surface area contributed by atoms with Crippen molar-refractivity contribution >= 4 is 43.5 Å². The molecule has 0 unspecified atom stereocenters. The third-order valence-electron chi connectivity index (χ3n) is 12.2. The lowest BCUT2D eigenvalue weighted by Gasteiger charge is -2.16. The molecule has 12 aromatic rings. The van der Waals surface area contributed by atoms with Gasteiger partial charge in [0.15, 0.2) is 17.5 Å². The molecule has 0 N–H and O–H groups in total. The second-order valence-corrected chi connectivity index (χ2v) is 15.9. The zero-order valence-corrected chi connectivity index (χ0v) is 34.1. The quantitative estimate of drug-likeness (QED) is 0.161. The molecular weight excluding hydrogens is 767 g/mol. The smallest absolute Gasteiger partial charge is 0.164 e. The minimum Gasteiger partial charge on any atom is -0.455 e. The highest BCUT2D eigenvalue weighted by molar-refractivity contribution is 6.12. The van der Waals surface area contributed by atoms with Gasteiger partial charge in [-0.2, -0.15) is 0 Å². The summed E-state index contributed by atoms with van der Waals surface area (Å²) < 4.78 is 6.40. The summed E-state index contributed by atoms with van der Waals surface area (Å²) in [6.07, 6.45) is 0. The Morgan fingerprint density at radius 1 is 0.222 bits per heavy atom. The highest BCUT2D eigenvalue weighted by Crippen LogP contribution is 2.42. The van der Waals surface area contributed by atoms with Crippen LogP contribution in [0.3, 0.4) is 0 Å². The Morgan fingerprint density at radius 2 is 0.619 bits per heavy atom. The van der Waals surface area contributed by atoms with Crippen molar-refractivity contribution in [3.8, 4) is 78.7 Å². The first-order chi connectivity index (χ1) is 31.2. The first-order valence-corrected chi connectivity index (χ1v) is 21.3. The van der Waals surface area contributed by atoms with E-state index in [2.05, 4.69) is 206 Å². The van der Waals surface area contributed by atoms with Gasteiger partial charge in [0, 0.05) is 33.0 Å². The minimum atomic E-state index is 0.603. The number of nitrogens with zero attached hydrogens (tertiary/aromatic N) is 3. The summed E-state index contributed by atoms with van der Waals surface area (Å²) in [5.74, 6) is 1.83. The Labute approximate surface area is 364 Å². The Morgan fingerprint density at radius 3 is 1.24 bits per heavy atom. The van der Waals surface area contributed by atoms with Crippen molar-refractivity contribution < 1.29 is 4.42 Å². The molecule has 2 aromatic heterocycles. The van der Waals surface area contributed by atoms with E-state index in [1.165, 1.54) is 27.5 Å². The molecule has 0 aliphatic carbocycles. The van der Waals surface area contributed by atoms with Gasteiger partial charge in [-0.05, 0) is 72.6 Å². The third-order valence-corrected chi connectivity index (χ3v) is 12.2. The van der Waals surface area contributed by atoms with Gasteiger partial charge in [-0.3, -0.25) is 0 Å². The van der Waals surface area contributed by atoms with Gasteiger partial charge in [-0.1, -0.05) is 212 Å². The Bertz CT molecular complexity index is 3650. The number of hydrogen-bond donors (Lipinski definition) is 0. The van der Waals surface area contributed by atoms with Crippen molar-refractivity contribution in [2.75, 3.05) is 0 Å². The summed E-state index contributed by atoms with van der Waals surface area (Å²) in [6.45, 7) is 0. The predicted molar refractivity (Wildman–Crippen MR) is 260 cm³/mol. The average Bonchev–Trinajstić information content (AvgIpc) is 3.75. The van der Waals surface area contributed by atoms with E-state index in [4.69, 9.17) is 19.4 Å². The zero-order chi connectivity index (χ0) is 41.7. The second-order valence-electron chi connectivity index (χ2n) is 15.9. The molecule has 2 heterocycles. The van der Waals surface area contributed by atoms with Crippen molar-refractivity contribution in [3.63, 3.8) is 0 Å². The van der Waals surface area contributed by atoms with Gasteiger partial charge < -0.3 is 4.42 Å². The fraction of sp³-hybridized carbons (Fsp3) is 0. The molecule has 4 nitrogen and oxygen atoms in total. The largest absolute Gasteiger partial charge is 0.455 e. The summed E-state index contributed by atoms with van der Waals surface area (Å²) in [5.41, 5.74) is 13.7. The van der Waals surface area contributed by atoms with Crippen molar-refractivity contribution in [3.05, 3.63) is 224 Å². The second kappa shape index (κ2) is 15.2. The monoisotopic (exact) mass is 803 g/mol. The molecule has 0 spiro atoms. The SMILES string of the molecule is c1ccc(-c2ccc(-c3nc(-c4ccc(-c5cccc6c5oc5ccccc56)cc4)nc(-c4ccc(-c5ccc(-c6ccccc6)c6ccccc56)c5ccccc45)n3)cc2)cc1. The van der Waals surface area contributed by atoms with Crippen LogP contribution in [0.15, 0.2) is 229 Å². The molecule has 0 atom stereocenters. The van der Waals surface area contributed by atoms with Gasteiger partial charge in [-0.25, -0.2) is 15.0 Å². The number of fused-ring (bicyclic) bond motifs is 5. The van der Waals surface area contributed by atoms with Gasteiger partial charge in [0.1, 0.15) is 11.2 Å². The summed E-state index contributed by atoms with van der Waals surface area (Å²) in [6, 6.07) is 78.8. The molecule has 4 heteroatoms. The Balaban J connectivity index is 0.995. The third kappa shape index (κ3) is 6.44. The normalized spacial score (nSPS) is 11.5. The van der Waals surface area contributed by atoms with Crippen molar-refractivity contribution in [2.24, 2.45) is 0 Å². The van der Waals surface area contributed by atoms with Gasteiger partial charge in [0.2, 0.25) is 0 Å². The fourth-order valence-electron chi connectivity index (χ4n) is 9.10. The zero-order valence-electron chi connectivity index (χ0n) is 34.1. The number of rotatable bonds is 7. The first kappa shape index (κ1) is 36.4. The maximum Gasteiger partial charge on any atom is 0.164 e. The van der Waals surface area contributed by atoms with E-state index < -0.39 is 0 Å². The molecule has 12 rings (SSSR count). The average molecular weight is 804 g/mol. The van der Waals surface area contributed by atoms with Crippen LogP contribution in [0.1, 0.15) is 0 Å². The standard InChI is InChI=1S/C59H37N3O/c1-3-14-38(15-4-1)39-26-30-42(31-27-39)57-60-58(43-32-28-41(29-33-43)45-23-13-24-53-52-22-11-12-25-55(52)63-56(45)53)62-59(61-57)54-37-36-51(48-20-9-10-21-49(48)54)50-35-34-44(40-16-5-2-6-17-40)46-18-7-8-19-47(46)50/h1-37H. The predicted octanol–water partition coefficient (Wildman–Crippen LogP) is 15.7. The number of furan rings is 1. The molecule has 294 valence electrons. The van der Waals surface area contributed by atoms with E-state index in [0.29, 0.717) is 17.5 Å². The molecule has 0 aliphatic rings. The molecule has 0 amide bonds. The van der Waals surface area contributed by atoms with E-state index in [0.717, 1.165) is 77.2 Å². The molecule has 0 saturated heterocycles. The minimum absolute atomic E-state index is 0.603. The molecule has 10 aromatic carbocycles. The van der Waals surface area contributed by atoms with Gasteiger partial charge >= 0.3 is 0 Å². The van der Waals surface area contributed by atoms with Crippen LogP contribution in [0, 0.1) is 0 Å². The summed E-state index contributed by atoms with van der Waals surface area (Å²) >= 11 is 0. The molecule has 0 aliphatic heterocycles. The van der Waals surface area contributed by atoms with Crippen LogP contribution >= 0.6 is 0 Å². The molecule has 0 radical (unpaired) electrons. The van der Waals surface area contributed by atoms with Crippen molar-refractivity contribution in [2.45, 2.75) is 0 Å². The van der Waals surface area contributed by atoms with E-state index >= 15 is 0 Å². The van der Waals surface area contributed by atoms with E-state index in [-0.39, 0.29) is 0 Å². The first-order valence-electron chi connectivity index (χ1n) is 21.3. The van der Waals surface area contributed by atoms with Gasteiger partial charge in [-0.15, -0.1) is 0 Å². The highest BCUT2D eigenvalue weighted by atomic mass is 16.3. The van der Waals surface area contributed by atoms with Crippen molar-refractivity contribution in [1.29, 1.82) is 0 Å². The van der Waals surface area contributed by atoms with Crippen LogP contribution < -0.4 is 0 Å². The number of aromatic nitrogens is 3. The van der Waals surface area contributed by atoms with E-state index in [1.807, 2.05) is 18.2 Å². The Kier molecular flexibility index (Phi) is 8.79. The number of benzene rings is 10. The Hall–Kier alpha value is -8.47. The van der Waals surface area contributed by atoms with E-state index in [9.17, 15) is 0 Å². The molecular formula is C59H37N3O. The van der Waals surface area contributed by atoms with Gasteiger partial charge in [0.05, 0.1) is 0 Å². The van der Waals surface area contributed by atoms with Crippen LogP contribution in [0.4, 0.5) is 0 Å². The van der Waals surface area contributed by atoms with Gasteiger partial charge in [0.25, 0.3) is 0 Å². The van der Waals surface area contributed by atoms with Crippen LogP contribution in [-0.4, -0.2) is 15.0 Å². The van der Waals surface area contributed by atoms with Crippen LogP contribution in [-0.2, 0) is 0 Å². The lowest BCUT2D eigenvalue weighted by atomic mass is 9.89. The maximum atomic E-state index is 6.40. The number of para-hydroxylation sites is 2. The fourth-order valence-corrected chi connectivity index (χ4v) is 9.10. The maximum absolute atomic E-state index is 6.40. The summed E-state index contributed by atoms with van der Waals surface area (Å²) in [7, 11) is 0. The molecule has 0 bridgehead atoms. The van der Waals surface area contributed by atoms with Crippen molar-refractivity contribution in [1.82, 2.24) is 15.0 Å². The topological polar surface area (TPSA) is 51.8 Å². The highest BCUT2D eigenvalue weighted by Gasteiger charge is 2.19. The summed E-state index contributed by atoms with van der Waals surface area (Å²) in [4.78, 5) is 15.6. The summed E-state index contributed by atoms with van der Waals surface area (Å²) in [5, 5.41) is 6.85. The van der Waals surface area contributed by atoms with E-state index in [1.54, 1.807) is 0 Å². The number of hydrogen-bond acceptors (Lipinski definition) is 4. The lowest BCUT2D eigenvalue weighted by molar-refractivity contribution is 0.670. The molecule has 63 heavy (non-hydrogen) atoms. The lowest BCUT2D eigenvalue weighted by Crippen LogP contribution is -2.01. The van der Waals surface area contributed by atoms with Crippen LogP contribution in [0.2, 0.25) is 0 Å². The molecule has 0 saturated carbocycles. The molecule has 0 fully saturated rings. The van der Waals surface area contributed by atoms with Crippen LogP contribution in [0.25, 0.3) is 122 Å². The van der Waals surface area contributed by atoms with Crippen LogP contribution in [0.5, 0.6) is 0 Å².